The summed E-state index contributed by atoms with van der Waals surface area (Å²) >= 11 is 0. The van der Waals surface area contributed by atoms with Gasteiger partial charge in [0.25, 0.3) is 0 Å². The third kappa shape index (κ3) is 2.80. The van der Waals surface area contributed by atoms with Gasteiger partial charge in [-0.3, -0.25) is 0 Å². The van der Waals surface area contributed by atoms with Gasteiger partial charge in [-0.05, 0) is 53.6 Å². The van der Waals surface area contributed by atoms with Crippen LogP contribution in [0.25, 0.3) is 22.4 Å². The van der Waals surface area contributed by atoms with Crippen molar-refractivity contribution in [1.29, 1.82) is 0 Å². The molecule has 0 fully saturated rings. The summed E-state index contributed by atoms with van der Waals surface area (Å²) in [7, 11) is 0. The Balaban J connectivity index is 1.73. The number of rotatable bonds is 0. The van der Waals surface area contributed by atoms with E-state index in [1.54, 1.807) is 0 Å². The van der Waals surface area contributed by atoms with E-state index >= 15 is 0 Å². The molecule has 26 heavy (non-hydrogen) atoms. The molecule has 0 amide bonds. The van der Waals surface area contributed by atoms with Gasteiger partial charge in [-0.2, -0.15) is 0 Å². The SMILES string of the molecule is c1cc2cc(c1)-c1cccc(c1)Oc1cccc(n1)-c1cccc(c1)O2. The molecule has 1 aromatic heterocycles. The number of hydrogen-bond acceptors (Lipinski definition) is 3. The van der Waals surface area contributed by atoms with Crippen molar-refractivity contribution in [3.05, 3.63) is 91.0 Å². The molecule has 124 valence electrons. The number of benzene rings is 3. The smallest absolute Gasteiger partial charge is 0.219 e. The summed E-state index contributed by atoms with van der Waals surface area (Å²) in [4.78, 5) is 4.64. The molecule has 3 heteroatoms. The number of pyridine rings is 1. The normalized spacial score (nSPS) is 11.7. The first-order valence-corrected chi connectivity index (χ1v) is 8.47. The molecule has 3 aromatic carbocycles. The zero-order valence-corrected chi connectivity index (χ0v) is 13.9. The molecule has 0 atom stereocenters. The Hall–Kier alpha value is -3.59. The average Bonchev–Trinajstić information content (AvgIpc) is 2.68. The van der Waals surface area contributed by atoms with Gasteiger partial charge in [0.05, 0.1) is 5.69 Å². The summed E-state index contributed by atoms with van der Waals surface area (Å²) < 4.78 is 12.1. The van der Waals surface area contributed by atoms with E-state index in [2.05, 4.69) is 17.1 Å². The van der Waals surface area contributed by atoms with E-state index in [9.17, 15) is 0 Å². The van der Waals surface area contributed by atoms with Gasteiger partial charge in [-0.15, -0.1) is 0 Å². The Bertz CT molecular complexity index is 928. The van der Waals surface area contributed by atoms with Crippen LogP contribution in [0.3, 0.4) is 0 Å². The van der Waals surface area contributed by atoms with Gasteiger partial charge in [0.15, 0.2) is 0 Å². The fourth-order valence-electron chi connectivity index (χ4n) is 3.09. The third-order valence-corrected chi connectivity index (χ3v) is 4.31. The highest BCUT2D eigenvalue weighted by Crippen LogP contribution is 2.33. The van der Waals surface area contributed by atoms with Crippen LogP contribution in [-0.4, -0.2) is 4.98 Å². The zero-order valence-electron chi connectivity index (χ0n) is 13.9. The van der Waals surface area contributed by atoms with E-state index in [0.717, 1.165) is 39.6 Å². The first-order chi connectivity index (χ1) is 12.8. The first kappa shape index (κ1) is 14.7. The molecular formula is C23H15NO2. The number of ether oxygens (including phenoxy) is 2. The minimum Gasteiger partial charge on any atom is -0.457 e. The van der Waals surface area contributed by atoms with Crippen LogP contribution >= 0.6 is 0 Å². The van der Waals surface area contributed by atoms with Gasteiger partial charge in [-0.25, -0.2) is 4.98 Å². The van der Waals surface area contributed by atoms with Gasteiger partial charge in [0, 0.05) is 11.6 Å². The quantitative estimate of drug-likeness (QED) is 0.332. The molecule has 8 bridgehead atoms. The molecular weight excluding hydrogens is 322 g/mol. The van der Waals surface area contributed by atoms with Crippen LogP contribution in [0.1, 0.15) is 0 Å². The van der Waals surface area contributed by atoms with E-state index in [-0.39, 0.29) is 0 Å². The summed E-state index contributed by atoms with van der Waals surface area (Å²) in [5.41, 5.74) is 3.96. The maximum Gasteiger partial charge on any atom is 0.219 e. The molecule has 1 aliphatic rings. The van der Waals surface area contributed by atoms with Crippen molar-refractivity contribution < 1.29 is 9.47 Å². The Morgan fingerprint density at radius 1 is 0.500 bits per heavy atom. The Morgan fingerprint density at radius 2 is 1.04 bits per heavy atom. The molecule has 0 unspecified atom stereocenters. The lowest BCUT2D eigenvalue weighted by Crippen LogP contribution is -1.92. The minimum absolute atomic E-state index is 0.566. The van der Waals surface area contributed by atoms with Crippen molar-refractivity contribution >= 4 is 0 Å². The average molecular weight is 337 g/mol. The standard InChI is InChI=1S/C23H15NO2/c1-5-16-13-19(8-1)25-20-9-3-7-18(15-20)22-11-4-12-23(24-22)26-21-10-2-6-17(16)14-21/h1-15H. The van der Waals surface area contributed by atoms with Crippen LogP contribution in [0.4, 0.5) is 0 Å². The van der Waals surface area contributed by atoms with Crippen LogP contribution < -0.4 is 9.47 Å². The maximum absolute atomic E-state index is 6.09. The maximum atomic E-state index is 6.09. The number of fused-ring (bicyclic) bond motifs is 10. The Kier molecular flexibility index (Phi) is 3.42. The number of hydrogen-bond donors (Lipinski definition) is 0. The largest absolute Gasteiger partial charge is 0.457 e. The molecule has 0 saturated carbocycles. The molecule has 0 aliphatic carbocycles. The molecule has 0 saturated heterocycles. The van der Waals surface area contributed by atoms with Crippen molar-refractivity contribution in [3.8, 4) is 45.5 Å². The predicted molar refractivity (Wildman–Crippen MR) is 102 cm³/mol. The van der Waals surface area contributed by atoms with Crippen molar-refractivity contribution in [1.82, 2.24) is 4.98 Å². The van der Waals surface area contributed by atoms with Crippen molar-refractivity contribution in [2.24, 2.45) is 0 Å². The van der Waals surface area contributed by atoms with E-state index < -0.39 is 0 Å². The van der Waals surface area contributed by atoms with Gasteiger partial charge in [0.2, 0.25) is 5.88 Å². The number of aromatic nitrogens is 1. The topological polar surface area (TPSA) is 31.4 Å². The van der Waals surface area contributed by atoms with Gasteiger partial charge >= 0.3 is 0 Å². The van der Waals surface area contributed by atoms with Gasteiger partial charge in [0.1, 0.15) is 17.2 Å². The number of nitrogens with zero attached hydrogens (tertiary/aromatic N) is 1. The predicted octanol–water partition coefficient (Wildman–Crippen LogP) is 6.31. The van der Waals surface area contributed by atoms with Crippen LogP contribution in [0, 0.1) is 0 Å². The van der Waals surface area contributed by atoms with E-state index in [1.807, 2.05) is 78.9 Å². The fourth-order valence-corrected chi connectivity index (χ4v) is 3.09. The first-order valence-electron chi connectivity index (χ1n) is 8.47. The van der Waals surface area contributed by atoms with E-state index in [1.165, 1.54) is 0 Å². The van der Waals surface area contributed by atoms with Crippen LogP contribution in [0.2, 0.25) is 0 Å². The zero-order chi connectivity index (χ0) is 17.3. The molecule has 0 spiro atoms. The third-order valence-electron chi connectivity index (χ3n) is 4.31. The summed E-state index contributed by atoms with van der Waals surface area (Å²) in [5, 5.41) is 0. The van der Waals surface area contributed by atoms with Crippen LogP contribution in [-0.2, 0) is 0 Å². The fraction of sp³-hybridized carbons (Fsp3) is 0. The lowest BCUT2D eigenvalue weighted by Gasteiger charge is -2.12. The lowest BCUT2D eigenvalue weighted by molar-refractivity contribution is 0.463. The van der Waals surface area contributed by atoms with E-state index in [0.29, 0.717) is 5.88 Å². The van der Waals surface area contributed by atoms with Crippen molar-refractivity contribution in [2.45, 2.75) is 0 Å². The summed E-state index contributed by atoms with van der Waals surface area (Å²) in [6.45, 7) is 0. The minimum atomic E-state index is 0.566. The summed E-state index contributed by atoms with van der Waals surface area (Å²) in [6, 6.07) is 29.7. The highest BCUT2D eigenvalue weighted by molar-refractivity contribution is 5.67. The highest BCUT2D eigenvalue weighted by atomic mass is 16.5. The second kappa shape index (κ2) is 6.05. The second-order valence-electron chi connectivity index (χ2n) is 6.15. The molecule has 5 rings (SSSR count). The molecule has 2 heterocycles. The molecule has 4 aromatic rings. The molecule has 0 N–H and O–H groups in total. The second-order valence-corrected chi connectivity index (χ2v) is 6.15. The summed E-state index contributed by atoms with van der Waals surface area (Å²) in [5.74, 6) is 2.89. The summed E-state index contributed by atoms with van der Waals surface area (Å²) in [6.07, 6.45) is 0. The monoisotopic (exact) mass is 337 g/mol. The van der Waals surface area contributed by atoms with E-state index in [4.69, 9.17) is 9.47 Å². The molecule has 1 aliphatic heterocycles. The Morgan fingerprint density at radius 3 is 1.73 bits per heavy atom. The van der Waals surface area contributed by atoms with Crippen LogP contribution in [0.5, 0.6) is 23.1 Å². The van der Waals surface area contributed by atoms with Crippen LogP contribution in [0.15, 0.2) is 91.0 Å². The van der Waals surface area contributed by atoms with Gasteiger partial charge in [-0.1, -0.05) is 42.5 Å². The van der Waals surface area contributed by atoms with Crippen molar-refractivity contribution in [3.63, 3.8) is 0 Å². The van der Waals surface area contributed by atoms with Gasteiger partial charge < -0.3 is 9.47 Å². The molecule has 3 nitrogen and oxygen atoms in total. The Labute approximate surface area is 151 Å². The lowest BCUT2D eigenvalue weighted by atomic mass is 10.1. The van der Waals surface area contributed by atoms with Crippen molar-refractivity contribution in [2.75, 3.05) is 0 Å². The highest BCUT2D eigenvalue weighted by Gasteiger charge is 2.08. The molecule has 0 radical (unpaired) electrons.